The van der Waals surface area contributed by atoms with Gasteiger partial charge in [0, 0.05) is 16.8 Å². The Morgan fingerprint density at radius 1 is 0.852 bits per heavy atom. The molecule has 4 nitrogen and oxygen atoms in total. The van der Waals surface area contributed by atoms with Crippen molar-refractivity contribution < 1.29 is 13.2 Å². The summed E-state index contributed by atoms with van der Waals surface area (Å²) in [4.78, 5) is 14.2. The van der Waals surface area contributed by atoms with Gasteiger partial charge in [-0.05, 0) is 42.0 Å². The number of carbonyl (C=O) groups excluding carboxylic acids is 1. The predicted octanol–water partition coefficient (Wildman–Crippen LogP) is 4.56. The number of carbonyl (C=O) groups is 1. The second-order valence-corrected chi connectivity index (χ2v) is 9.20. The van der Waals surface area contributed by atoms with Crippen molar-refractivity contribution in [2.24, 2.45) is 0 Å². The topological polar surface area (TPSA) is 63.2 Å². The van der Waals surface area contributed by atoms with Crippen LogP contribution in [0.1, 0.15) is 10.8 Å². The van der Waals surface area contributed by atoms with Gasteiger partial charge < -0.3 is 5.32 Å². The number of amides is 1. The number of nitrogens with one attached hydrogen (secondary N) is 1. The maximum atomic E-state index is 12.9. The molecule has 0 saturated carbocycles. The van der Waals surface area contributed by atoms with E-state index < -0.39 is 15.1 Å². The summed E-state index contributed by atoms with van der Waals surface area (Å²) in [6.45, 7) is 0. The fourth-order valence-corrected chi connectivity index (χ4v) is 4.21. The smallest absolute Gasteiger partial charge is 0.242 e. The minimum absolute atomic E-state index is 0.165. The third-order valence-electron chi connectivity index (χ3n) is 3.89. The minimum Gasteiger partial charge on any atom is -0.325 e. The SMILES string of the molecule is CS(=O)(=O)c1ccc(NC(=O)[C@@H](Sc2ccccc2)c2ccccc2)cc1. The summed E-state index contributed by atoms with van der Waals surface area (Å²) in [6.07, 6.45) is 1.16. The molecule has 6 heteroatoms. The summed E-state index contributed by atoms with van der Waals surface area (Å²) in [5.74, 6) is -0.165. The number of hydrogen-bond donors (Lipinski definition) is 1. The largest absolute Gasteiger partial charge is 0.325 e. The lowest BCUT2D eigenvalue weighted by Gasteiger charge is -2.17. The van der Waals surface area contributed by atoms with E-state index in [0.717, 1.165) is 16.7 Å². The Bertz CT molecular complexity index is 1000. The Kier molecular flexibility index (Phi) is 5.98. The van der Waals surface area contributed by atoms with Gasteiger partial charge >= 0.3 is 0 Å². The van der Waals surface area contributed by atoms with Crippen LogP contribution in [0.15, 0.2) is 94.7 Å². The molecular weight excluding hydrogens is 378 g/mol. The Labute approximate surface area is 163 Å². The molecule has 0 aliphatic heterocycles. The molecule has 0 aromatic heterocycles. The van der Waals surface area contributed by atoms with Crippen molar-refractivity contribution in [3.63, 3.8) is 0 Å². The van der Waals surface area contributed by atoms with Gasteiger partial charge in [-0.2, -0.15) is 0 Å². The average molecular weight is 398 g/mol. The van der Waals surface area contributed by atoms with E-state index in [1.54, 1.807) is 12.1 Å². The first-order valence-electron chi connectivity index (χ1n) is 8.31. The monoisotopic (exact) mass is 397 g/mol. The van der Waals surface area contributed by atoms with Crippen molar-refractivity contribution in [3.8, 4) is 0 Å². The van der Waals surface area contributed by atoms with Gasteiger partial charge in [0.15, 0.2) is 9.84 Å². The number of benzene rings is 3. The molecule has 1 N–H and O–H groups in total. The van der Waals surface area contributed by atoms with Crippen LogP contribution < -0.4 is 5.32 Å². The average Bonchev–Trinajstić information content (AvgIpc) is 2.67. The van der Waals surface area contributed by atoms with Crippen LogP contribution in [0.5, 0.6) is 0 Å². The number of hydrogen-bond acceptors (Lipinski definition) is 4. The molecule has 0 heterocycles. The minimum atomic E-state index is -3.26. The van der Waals surface area contributed by atoms with E-state index in [1.807, 2.05) is 60.7 Å². The van der Waals surface area contributed by atoms with E-state index in [0.29, 0.717) is 5.69 Å². The first-order chi connectivity index (χ1) is 12.9. The third kappa shape index (κ3) is 5.21. The summed E-state index contributed by atoms with van der Waals surface area (Å²) < 4.78 is 23.1. The van der Waals surface area contributed by atoms with Gasteiger partial charge in [0.2, 0.25) is 5.91 Å². The number of anilines is 1. The van der Waals surface area contributed by atoms with Gasteiger partial charge in [-0.15, -0.1) is 11.8 Å². The fourth-order valence-electron chi connectivity index (χ4n) is 2.53. The molecule has 1 atom stereocenters. The van der Waals surface area contributed by atoms with E-state index in [-0.39, 0.29) is 10.8 Å². The van der Waals surface area contributed by atoms with Crippen molar-refractivity contribution in [2.45, 2.75) is 15.0 Å². The molecule has 0 fully saturated rings. The van der Waals surface area contributed by atoms with Crippen molar-refractivity contribution in [1.29, 1.82) is 0 Å². The van der Waals surface area contributed by atoms with Crippen molar-refractivity contribution in [3.05, 3.63) is 90.5 Å². The molecule has 3 rings (SSSR count). The van der Waals surface area contributed by atoms with Crippen molar-refractivity contribution in [2.75, 3.05) is 11.6 Å². The molecular formula is C21H19NO3S2. The maximum Gasteiger partial charge on any atom is 0.242 e. The molecule has 3 aromatic rings. The Hall–Kier alpha value is -2.57. The van der Waals surface area contributed by atoms with Crippen molar-refractivity contribution >= 4 is 33.2 Å². The van der Waals surface area contributed by atoms with E-state index in [4.69, 9.17) is 0 Å². The lowest BCUT2D eigenvalue weighted by molar-refractivity contribution is -0.115. The van der Waals surface area contributed by atoms with Crippen LogP contribution in [0.3, 0.4) is 0 Å². The van der Waals surface area contributed by atoms with E-state index in [2.05, 4.69) is 5.32 Å². The normalized spacial score (nSPS) is 12.3. The number of rotatable bonds is 6. The lowest BCUT2D eigenvalue weighted by Crippen LogP contribution is -2.19. The Balaban J connectivity index is 1.82. The van der Waals surface area contributed by atoms with Crippen LogP contribution in [0.2, 0.25) is 0 Å². The summed E-state index contributed by atoms with van der Waals surface area (Å²) in [7, 11) is -3.26. The van der Waals surface area contributed by atoms with E-state index in [9.17, 15) is 13.2 Å². The predicted molar refractivity (Wildman–Crippen MR) is 110 cm³/mol. The van der Waals surface area contributed by atoms with Crippen LogP contribution in [0, 0.1) is 0 Å². The Morgan fingerprint density at radius 2 is 1.41 bits per heavy atom. The first kappa shape index (κ1) is 19.2. The highest BCUT2D eigenvalue weighted by Crippen LogP contribution is 2.36. The molecule has 1 amide bonds. The van der Waals surface area contributed by atoms with Gasteiger partial charge in [-0.3, -0.25) is 4.79 Å². The van der Waals surface area contributed by atoms with Gasteiger partial charge in [-0.25, -0.2) is 8.42 Å². The van der Waals surface area contributed by atoms with Gasteiger partial charge in [-0.1, -0.05) is 48.5 Å². The van der Waals surface area contributed by atoms with E-state index in [1.165, 1.54) is 23.9 Å². The second kappa shape index (κ2) is 8.41. The molecule has 3 aromatic carbocycles. The molecule has 0 unspecified atom stereocenters. The highest BCUT2D eigenvalue weighted by molar-refractivity contribution is 8.00. The molecule has 138 valence electrons. The highest BCUT2D eigenvalue weighted by atomic mass is 32.2. The number of sulfone groups is 1. The number of thioether (sulfide) groups is 1. The van der Waals surface area contributed by atoms with Crippen LogP contribution in [-0.2, 0) is 14.6 Å². The molecule has 0 aliphatic rings. The van der Waals surface area contributed by atoms with Crippen LogP contribution in [0.4, 0.5) is 5.69 Å². The zero-order valence-corrected chi connectivity index (χ0v) is 16.3. The Morgan fingerprint density at radius 3 is 1.96 bits per heavy atom. The molecule has 0 bridgehead atoms. The second-order valence-electron chi connectivity index (χ2n) is 6.01. The third-order valence-corrected chi connectivity index (χ3v) is 6.28. The van der Waals surface area contributed by atoms with Gasteiger partial charge in [0.25, 0.3) is 0 Å². The fraction of sp³-hybridized carbons (Fsp3) is 0.0952. The van der Waals surface area contributed by atoms with Crippen LogP contribution in [-0.4, -0.2) is 20.6 Å². The summed E-state index contributed by atoms with van der Waals surface area (Å²) in [5.41, 5.74) is 1.46. The van der Waals surface area contributed by atoms with Crippen LogP contribution >= 0.6 is 11.8 Å². The summed E-state index contributed by atoms with van der Waals surface area (Å²) >= 11 is 1.47. The first-order valence-corrected chi connectivity index (χ1v) is 11.1. The van der Waals surface area contributed by atoms with Gasteiger partial charge in [0.1, 0.15) is 5.25 Å². The zero-order valence-electron chi connectivity index (χ0n) is 14.7. The molecule has 0 saturated heterocycles. The summed E-state index contributed by atoms with van der Waals surface area (Å²) in [5, 5.41) is 2.46. The van der Waals surface area contributed by atoms with Crippen LogP contribution in [0.25, 0.3) is 0 Å². The molecule has 0 radical (unpaired) electrons. The quantitative estimate of drug-likeness (QED) is 0.619. The molecule has 0 spiro atoms. The summed E-state index contributed by atoms with van der Waals surface area (Å²) in [6, 6.07) is 25.5. The zero-order chi connectivity index (χ0) is 19.3. The van der Waals surface area contributed by atoms with E-state index >= 15 is 0 Å². The maximum absolute atomic E-state index is 12.9. The molecule has 0 aliphatic carbocycles. The van der Waals surface area contributed by atoms with Crippen molar-refractivity contribution in [1.82, 2.24) is 0 Å². The lowest BCUT2D eigenvalue weighted by atomic mass is 10.1. The highest BCUT2D eigenvalue weighted by Gasteiger charge is 2.22. The molecule has 27 heavy (non-hydrogen) atoms. The standard InChI is InChI=1S/C21H19NO3S2/c1-27(24,25)19-14-12-17(13-15-19)22-21(23)20(16-8-4-2-5-9-16)26-18-10-6-3-7-11-18/h2-15,20H,1H3,(H,22,23)/t20-/m0/s1. The van der Waals surface area contributed by atoms with Gasteiger partial charge in [0.05, 0.1) is 4.90 Å².